The normalized spacial score (nSPS) is 28.0. The van der Waals surface area contributed by atoms with Crippen molar-refractivity contribution in [3.63, 3.8) is 0 Å². The summed E-state index contributed by atoms with van der Waals surface area (Å²) in [7, 11) is 0. The molecule has 6 nitrogen and oxygen atoms in total. The molecule has 0 aromatic heterocycles. The molecule has 0 spiro atoms. The van der Waals surface area contributed by atoms with Gasteiger partial charge in [-0.3, -0.25) is 10.1 Å². The molecule has 1 saturated carbocycles. The van der Waals surface area contributed by atoms with Gasteiger partial charge in [0.05, 0.1) is 11.3 Å². The van der Waals surface area contributed by atoms with Gasteiger partial charge >= 0.3 is 0 Å². The highest BCUT2D eigenvalue weighted by Gasteiger charge is 2.53. The first-order valence-electron chi connectivity index (χ1n) is 13.8. The van der Waals surface area contributed by atoms with Crippen LogP contribution in [0.25, 0.3) is 0 Å². The molecule has 2 aliphatic carbocycles. The minimum atomic E-state index is -0.697. The number of hydrogen-bond donors (Lipinski definition) is 0. The van der Waals surface area contributed by atoms with E-state index in [1.807, 2.05) is 34.6 Å². The minimum absolute atomic E-state index is 0.0977. The van der Waals surface area contributed by atoms with Crippen LogP contribution in [0.15, 0.2) is 24.8 Å². The Balaban J connectivity index is 2.06. The summed E-state index contributed by atoms with van der Waals surface area (Å²) in [6.45, 7) is 22.3. The Labute approximate surface area is 219 Å². The predicted octanol–water partition coefficient (Wildman–Crippen LogP) is 8.08. The molecule has 204 valence electrons. The van der Waals surface area contributed by atoms with Crippen molar-refractivity contribution in [3.8, 4) is 0 Å². The Hall–Kier alpha value is -1.44. The number of aryl methyl sites for hydroxylation is 1. The fourth-order valence-electron chi connectivity index (χ4n) is 6.21. The van der Waals surface area contributed by atoms with E-state index in [0.717, 1.165) is 54.5 Å². The summed E-state index contributed by atoms with van der Waals surface area (Å²) in [6.07, 6.45) is 7.59. The minimum Gasteiger partial charge on any atom is -0.762 e. The molecule has 0 heterocycles. The van der Waals surface area contributed by atoms with Gasteiger partial charge in [-0.1, -0.05) is 53.2 Å². The van der Waals surface area contributed by atoms with E-state index in [1.165, 1.54) is 11.1 Å². The highest BCUT2D eigenvalue weighted by Crippen LogP contribution is 2.56. The lowest BCUT2D eigenvalue weighted by atomic mass is 9.52. The molecule has 1 fully saturated rings. The zero-order chi connectivity index (χ0) is 27.1. The van der Waals surface area contributed by atoms with Crippen molar-refractivity contribution < 1.29 is 9.68 Å². The second-order valence-electron chi connectivity index (χ2n) is 12.6. The van der Waals surface area contributed by atoms with Crippen LogP contribution in [0, 0.1) is 16.3 Å². The van der Waals surface area contributed by atoms with Crippen LogP contribution >= 0.6 is 0 Å². The smallest absolute Gasteiger partial charge is 0.103 e. The third kappa shape index (κ3) is 5.25. The average molecular weight is 501 g/mol. The summed E-state index contributed by atoms with van der Waals surface area (Å²) in [6, 6.07) is 4.28. The number of rotatable bonds is 10. The van der Waals surface area contributed by atoms with Gasteiger partial charge < -0.3 is 20.5 Å². The number of nitrogens with zero attached hydrogens (tertiary/aromatic N) is 2. The van der Waals surface area contributed by atoms with E-state index in [0.29, 0.717) is 12.1 Å². The van der Waals surface area contributed by atoms with Crippen LogP contribution in [0.1, 0.15) is 123 Å². The van der Waals surface area contributed by atoms with Gasteiger partial charge in [0.25, 0.3) is 0 Å². The summed E-state index contributed by atoms with van der Waals surface area (Å²) in [5.74, 6) is 0.286. The molecule has 4 unspecified atom stereocenters. The van der Waals surface area contributed by atoms with Crippen LogP contribution < -0.4 is 5.23 Å². The fraction of sp³-hybridized carbons (Fsp3) is 0.733. The second kappa shape index (κ2) is 10.4. The van der Waals surface area contributed by atoms with Crippen LogP contribution in [0.5, 0.6) is 0 Å². The lowest BCUT2D eigenvalue weighted by molar-refractivity contribution is -0.265. The van der Waals surface area contributed by atoms with Crippen molar-refractivity contribution in [1.82, 2.24) is 5.23 Å². The highest BCUT2D eigenvalue weighted by atomic mass is 16.9. The van der Waals surface area contributed by atoms with Crippen molar-refractivity contribution in [2.75, 3.05) is 5.23 Å². The molecule has 36 heavy (non-hydrogen) atoms. The summed E-state index contributed by atoms with van der Waals surface area (Å²) < 4.78 is 0. The topological polar surface area (TPSA) is 71.1 Å². The summed E-state index contributed by atoms with van der Waals surface area (Å²) >= 11 is 0. The van der Waals surface area contributed by atoms with E-state index in [9.17, 15) is 10.4 Å². The van der Waals surface area contributed by atoms with E-state index in [2.05, 4.69) is 46.4 Å². The Morgan fingerprint density at radius 1 is 1.11 bits per heavy atom. The Morgan fingerprint density at radius 2 is 1.78 bits per heavy atom. The number of hydroxylamine groups is 2. The molecule has 0 radical (unpaired) electrons. The third-order valence-corrected chi connectivity index (χ3v) is 9.31. The monoisotopic (exact) mass is 500 g/mol. The molecule has 1 aromatic rings. The van der Waals surface area contributed by atoms with Crippen molar-refractivity contribution in [2.45, 2.75) is 135 Å². The molecular formula is C30H48N2O4-2. The molecule has 4 atom stereocenters. The molecule has 0 bridgehead atoms. The second-order valence-corrected chi connectivity index (χ2v) is 12.6. The molecule has 6 heteroatoms. The van der Waals surface area contributed by atoms with Gasteiger partial charge in [0.2, 0.25) is 0 Å². The first-order valence-corrected chi connectivity index (χ1v) is 13.8. The predicted molar refractivity (Wildman–Crippen MR) is 148 cm³/mol. The first-order chi connectivity index (χ1) is 16.7. The van der Waals surface area contributed by atoms with Gasteiger partial charge in [0.1, 0.15) is 5.60 Å². The number of fused-ring (bicyclic) bond motifs is 3. The van der Waals surface area contributed by atoms with Crippen molar-refractivity contribution >= 4 is 5.69 Å². The zero-order valence-corrected chi connectivity index (χ0v) is 24.1. The van der Waals surface area contributed by atoms with E-state index in [4.69, 9.17) is 9.68 Å². The molecule has 0 saturated heterocycles. The fourth-order valence-corrected chi connectivity index (χ4v) is 6.21. The van der Waals surface area contributed by atoms with E-state index < -0.39 is 16.7 Å². The average Bonchev–Trinajstić information content (AvgIpc) is 2.82. The van der Waals surface area contributed by atoms with E-state index in [1.54, 1.807) is 6.08 Å². The summed E-state index contributed by atoms with van der Waals surface area (Å²) in [5, 5.41) is 28.6. The molecular weight excluding hydrogens is 452 g/mol. The SMILES string of the molecule is C=CC(C)(CC)ON([O-])C1(C)CCCC2(C)c3cc(N([O-])OC(C)(C)CC)c(C(C)C)cc3CCC21. The Bertz CT molecular complexity index is 947. The van der Waals surface area contributed by atoms with E-state index in [-0.39, 0.29) is 17.3 Å². The van der Waals surface area contributed by atoms with Crippen molar-refractivity contribution in [3.05, 3.63) is 51.9 Å². The molecule has 0 N–H and O–H groups in total. The zero-order valence-electron chi connectivity index (χ0n) is 24.1. The molecule has 2 aliphatic rings. The summed E-state index contributed by atoms with van der Waals surface area (Å²) in [5.41, 5.74) is 1.90. The van der Waals surface area contributed by atoms with Crippen LogP contribution in [-0.2, 0) is 21.5 Å². The number of anilines is 1. The summed E-state index contributed by atoms with van der Waals surface area (Å²) in [4.78, 5) is 11.9. The van der Waals surface area contributed by atoms with Gasteiger partial charge in [0.15, 0.2) is 0 Å². The van der Waals surface area contributed by atoms with E-state index >= 15 is 0 Å². The van der Waals surface area contributed by atoms with Crippen LogP contribution in [0.2, 0.25) is 0 Å². The van der Waals surface area contributed by atoms with Crippen LogP contribution in [0.4, 0.5) is 5.69 Å². The highest BCUT2D eigenvalue weighted by molar-refractivity contribution is 5.60. The largest absolute Gasteiger partial charge is 0.762 e. The molecule has 1 aromatic carbocycles. The lowest BCUT2D eigenvalue weighted by Gasteiger charge is -2.61. The maximum Gasteiger partial charge on any atom is 0.103 e. The quantitative estimate of drug-likeness (QED) is 0.239. The standard InChI is InChI=1S/C30H48N2O4/c1-11-27(6,7)35-31(33)25-20-24-22(19-23(25)21(4)5)15-16-26-29(24,9)17-14-18-30(26,10)32(34)36-28(8,12-2)13-3/h12,19-21,26H,2,11,13-18H2,1,3-10H3/q-2. The molecule has 0 aliphatic heterocycles. The molecule has 3 rings (SSSR count). The Morgan fingerprint density at radius 3 is 2.33 bits per heavy atom. The number of benzene rings is 1. The maximum atomic E-state index is 13.6. The van der Waals surface area contributed by atoms with Crippen LogP contribution in [-0.4, -0.2) is 22.0 Å². The number of hydrogen-bond acceptors (Lipinski definition) is 6. The van der Waals surface area contributed by atoms with Gasteiger partial charge in [0, 0.05) is 5.54 Å². The molecule has 0 amide bonds. The van der Waals surface area contributed by atoms with Crippen molar-refractivity contribution in [2.24, 2.45) is 5.92 Å². The van der Waals surface area contributed by atoms with Gasteiger partial charge in [-0.05, 0) is 106 Å². The van der Waals surface area contributed by atoms with Gasteiger partial charge in [-0.15, -0.1) is 6.58 Å². The van der Waals surface area contributed by atoms with Crippen LogP contribution in [0.3, 0.4) is 0 Å². The lowest BCUT2D eigenvalue weighted by Crippen LogP contribution is -2.60. The van der Waals surface area contributed by atoms with Crippen molar-refractivity contribution in [1.29, 1.82) is 0 Å². The van der Waals surface area contributed by atoms with Gasteiger partial charge in [-0.25, -0.2) is 0 Å². The van der Waals surface area contributed by atoms with Gasteiger partial charge in [-0.2, -0.15) is 0 Å². The first kappa shape index (κ1) is 29.1. The Kier molecular flexibility index (Phi) is 8.39. The third-order valence-electron chi connectivity index (χ3n) is 9.31. The maximum absolute atomic E-state index is 13.6.